The van der Waals surface area contributed by atoms with E-state index in [1.54, 1.807) is 18.2 Å². The van der Waals surface area contributed by atoms with Crippen LogP contribution in [-0.4, -0.2) is 37.4 Å². The lowest BCUT2D eigenvalue weighted by Crippen LogP contribution is -2.31. The van der Waals surface area contributed by atoms with Gasteiger partial charge < -0.3 is 9.47 Å². The molecular weight excluding hydrogens is 385 g/mol. The molecule has 1 amide bonds. The normalized spacial score (nSPS) is 15.8. The van der Waals surface area contributed by atoms with Crippen LogP contribution in [0.4, 0.5) is 13.2 Å². The highest BCUT2D eigenvalue weighted by Gasteiger charge is 2.38. The van der Waals surface area contributed by atoms with E-state index < -0.39 is 23.1 Å². The zero-order valence-corrected chi connectivity index (χ0v) is 16.5. The summed E-state index contributed by atoms with van der Waals surface area (Å²) in [4.78, 5) is 12.8. The van der Waals surface area contributed by atoms with Gasteiger partial charge in [-0.25, -0.2) is 5.01 Å². The van der Waals surface area contributed by atoms with Crippen molar-refractivity contribution in [2.75, 3.05) is 20.8 Å². The summed E-state index contributed by atoms with van der Waals surface area (Å²) in [5, 5.41) is 5.64. The van der Waals surface area contributed by atoms with Crippen LogP contribution in [0.1, 0.15) is 35.3 Å². The molecule has 0 aliphatic carbocycles. The first-order valence-electron chi connectivity index (χ1n) is 8.87. The van der Waals surface area contributed by atoms with E-state index in [0.29, 0.717) is 17.2 Å². The van der Waals surface area contributed by atoms with Gasteiger partial charge in [0.1, 0.15) is 0 Å². The maximum atomic E-state index is 13.0. The Hall–Kier alpha value is -3.03. The van der Waals surface area contributed by atoms with Gasteiger partial charge in [-0.15, -0.1) is 0 Å². The molecule has 1 heterocycles. The minimum atomic E-state index is -4.52. The lowest BCUT2D eigenvalue weighted by atomic mass is 9.84. The standard InChI is InChI=1S/C21H21F3N2O3/c1-20(2)12-26(19(27)14-6-5-7-15(10-14)21(22,23)24)25-18(20)13-8-9-16(28-3)17(11-13)29-4/h5-11H,12H2,1-4H3. The summed E-state index contributed by atoms with van der Waals surface area (Å²) in [6.07, 6.45) is -4.52. The Morgan fingerprint density at radius 1 is 1.07 bits per heavy atom. The smallest absolute Gasteiger partial charge is 0.416 e. The molecule has 154 valence electrons. The van der Waals surface area contributed by atoms with Crippen molar-refractivity contribution in [1.29, 1.82) is 0 Å². The van der Waals surface area contributed by atoms with Gasteiger partial charge >= 0.3 is 6.18 Å². The molecule has 0 saturated carbocycles. The van der Waals surface area contributed by atoms with Gasteiger partial charge in [-0.3, -0.25) is 4.79 Å². The molecule has 2 aromatic carbocycles. The van der Waals surface area contributed by atoms with Gasteiger partial charge in [0.2, 0.25) is 0 Å². The molecule has 8 heteroatoms. The lowest BCUT2D eigenvalue weighted by Gasteiger charge is -2.21. The fourth-order valence-electron chi connectivity index (χ4n) is 3.27. The van der Waals surface area contributed by atoms with Gasteiger partial charge in [0.25, 0.3) is 5.91 Å². The largest absolute Gasteiger partial charge is 0.493 e. The molecule has 29 heavy (non-hydrogen) atoms. The van der Waals surface area contributed by atoms with E-state index in [0.717, 1.165) is 17.7 Å². The average Bonchev–Trinajstić information content (AvgIpc) is 3.01. The molecule has 0 unspecified atom stereocenters. The SMILES string of the molecule is COc1ccc(C2=NN(C(=O)c3cccc(C(F)(F)F)c3)CC2(C)C)cc1OC. The van der Waals surface area contributed by atoms with Gasteiger partial charge in [-0.05, 0) is 36.4 Å². The molecule has 0 aromatic heterocycles. The van der Waals surface area contributed by atoms with E-state index in [1.807, 2.05) is 13.8 Å². The summed E-state index contributed by atoms with van der Waals surface area (Å²) in [7, 11) is 3.05. The molecule has 0 saturated heterocycles. The second-order valence-corrected chi connectivity index (χ2v) is 7.34. The predicted molar refractivity (Wildman–Crippen MR) is 102 cm³/mol. The van der Waals surface area contributed by atoms with Crippen LogP contribution in [0.15, 0.2) is 47.6 Å². The van der Waals surface area contributed by atoms with E-state index in [4.69, 9.17) is 9.47 Å². The molecule has 0 bridgehead atoms. The van der Waals surface area contributed by atoms with E-state index in [1.165, 1.54) is 31.4 Å². The number of halogens is 3. The van der Waals surface area contributed by atoms with Crippen LogP contribution in [0.5, 0.6) is 11.5 Å². The Kier molecular flexibility index (Phi) is 5.30. The first-order chi connectivity index (χ1) is 13.6. The number of alkyl halides is 3. The highest BCUT2D eigenvalue weighted by Crippen LogP contribution is 2.36. The summed E-state index contributed by atoms with van der Waals surface area (Å²) < 4.78 is 49.5. The Morgan fingerprint density at radius 2 is 1.76 bits per heavy atom. The Balaban J connectivity index is 1.95. The summed E-state index contributed by atoms with van der Waals surface area (Å²) in [5.41, 5.74) is -0.0544. The molecule has 0 N–H and O–H groups in total. The molecule has 0 atom stereocenters. The van der Waals surface area contributed by atoms with Crippen molar-refractivity contribution in [2.24, 2.45) is 10.5 Å². The van der Waals surface area contributed by atoms with Crippen LogP contribution in [0.25, 0.3) is 0 Å². The summed E-state index contributed by atoms with van der Waals surface area (Å²) in [6.45, 7) is 4.08. The molecule has 1 aliphatic rings. The van der Waals surface area contributed by atoms with Crippen LogP contribution < -0.4 is 9.47 Å². The quantitative estimate of drug-likeness (QED) is 0.745. The van der Waals surface area contributed by atoms with E-state index >= 15 is 0 Å². The second-order valence-electron chi connectivity index (χ2n) is 7.34. The van der Waals surface area contributed by atoms with Crippen LogP contribution in [0.3, 0.4) is 0 Å². The highest BCUT2D eigenvalue weighted by atomic mass is 19.4. The Bertz CT molecular complexity index is 968. The predicted octanol–water partition coefficient (Wildman–Crippen LogP) is 4.61. The molecule has 0 radical (unpaired) electrons. The summed E-state index contributed by atoms with van der Waals surface area (Å²) >= 11 is 0. The molecule has 2 aromatic rings. The zero-order chi connectivity index (χ0) is 21.4. The Labute approximate surface area is 166 Å². The van der Waals surface area contributed by atoms with Gasteiger partial charge in [-0.2, -0.15) is 18.3 Å². The number of hydrogen-bond acceptors (Lipinski definition) is 4. The number of hydrogen-bond donors (Lipinski definition) is 0. The average molecular weight is 406 g/mol. The fourth-order valence-corrected chi connectivity index (χ4v) is 3.27. The van der Waals surface area contributed by atoms with Gasteiger partial charge in [0, 0.05) is 16.5 Å². The first-order valence-corrected chi connectivity index (χ1v) is 8.87. The number of amides is 1. The third-order valence-electron chi connectivity index (χ3n) is 4.74. The number of carbonyl (C=O) groups excluding carboxylic acids is 1. The maximum absolute atomic E-state index is 13.0. The third-order valence-corrected chi connectivity index (χ3v) is 4.74. The number of rotatable bonds is 4. The summed E-state index contributed by atoms with van der Waals surface area (Å²) in [5.74, 6) is 0.496. The van der Waals surface area contributed by atoms with Crippen LogP contribution in [-0.2, 0) is 6.18 Å². The lowest BCUT2D eigenvalue weighted by molar-refractivity contribution is -0.137. The van der Waals surface area contributed by atoms with Crippen LogP contribution in [0, 0.1) is 5.41 Å². The summed E-state index contributed by atoms with van der Waals surface area (Å²) in [6, 6.07) is 9.66. The van der Waals surface area contributed by atoms with Crippen molar-refractivity contribution in [1.82, 2.24) is 5.01 Å². The molecule has 0 spiro atoms. The first kappa shape index (κ1) is 20.7. The van der Waals surface area contributed by atoms with Crippen molar-refractivity contribution in [3.63, 3.8) is 0 Å². The van der Waals surface area contributed by atoms with Gasteiger partial charge in [0.15, 0.2) is 11.5 Å². The molecule has 3 rings (SSSR count). The van der Waals surface area contributed by atoms with E-state index in [2.05, 4.69) is 5.10 Å². The van der Waals surface area contributed by atoms with E-state index in [-0.39, 0.29) is 12.1 Å². The molecule has 5 nitrogen and oxygen atoms in total. The van der Waals surface area contributed by atoms with Gasteiger partial charge in [0.05, 0.1) is 32.0 Å². The van der Waals surface area contributed by atoms with Crippen molar-refractivity contribution >= 4 is 11.6 Å². The Morgan fingerprint density at radius 3 is 2.38 bits per heavy atom. The minimum Gasteiger partial charge on any atom is -0.493 e. The van der Waals surface area contributed by atoms with Crippen molar-refractivity contribution in [2.45, 2.75) is 20.0 Å². The van der Waals surface area contributed by atoms with Crippen molar-refractivity contribution in [3.8, 4) is 11.5 Å². The zero-order valence-electron chi connectivity index (χ0n) is 16.5. The number of carbonyl (C=O) groups is 1. The molecule has 1 aliphatic heterocycles. The van der Waals surface area contributed by atoms with E-state index in [9.17, 15) is 18.0 Å². The number of nitrogens with zero attached hydrogens (tertiary/aromatic N) is 2. The minimum absolute atomic E-state index is 0.0621. The van der Waals surface area contributed by atoms with Crippen LogP contribution >= 0.6 is 0 Å². The van der Waals surface area contributed by atoms with Crippen LogP contribution in [0.2, 0.25) is 0 Å². The topological polar surface area (TPSA) is 51.1 Å². The van der Waals surface area contributed by atoms with Crippen molar-refractivity contribution < 1.29 is 27.4 Å². The number of benzene rings is 2. The number of ether oxygens (including phenoxy) is 2. The monoisotopic (exact) mass is 406 g/mol. The molecule has 0 fully saturated rings. The third kappa shape index (κ3) is 4.06. The highest BCUT2D eigenvalue weighted by molar-refractivity contribution is 6.08. The second kappa shape index (κ2) is 7.42. The number of hydrazone groups is 1. The van der Waals surface area contributed by atoms with Gasteiger partial charge in [-0.1, -0.05) is 19.9 Å². The molecular formula is C21H21F3N2O3. The fraction of sp³-hybridized carbons (Fsp3) is 0.333. The number of methoxy groups -OCH3 is 2. The van der Waals surface area contributed by atoms with Crippen molar-refractivity contribution in [3.05, 3.63) is 59.2 Å². The maximum Gasteiger partial charge on any atom is 0.416 e.